The standard InChI is InChI=1S/C24H28F3N5O2S.C24H31F3N4O2S2/c25-24(26,27)14-34-23-30-20-13-32(11-9-21(20)35-23)10-8-15-4-6-16(7-5-15)29-22(33)17-2-1-3-19-18(17)12-28-31-19;1-14-28-11-18(34-14)10-22(32)29-17-8-15-2-3-16(9-17)19(15)4-6-31-7-5-21-20(12-31)30-23(35-21)33-13-24(25,26)27/h1-3,12,15-16H,4-11,13-14H2,(H,28,31)(H,29,33);11,15-17,19H,2-10,12-13H2,1H3,(H,29,32). The van der Waals surface area contributed by atoms with Crippen molar-refractivity contribution in [2.45, 2.75) is 128 Å². The lowest BCUT2D eigenvalue weighted by molar-refractivity contribution is -0.154. The van der Waals surface area contributed by atoms with Crippen LogP contribution in [0.5, 0.6) is 10.4 Å². The predicted octanol–water partition coefficient (Wildman–Crippen LogP) is 9.46. The van der Waals surface area contributed by atoms with E-state index >= 15 is 0 Å². The molecule has 2 atom stereocenters. The molecule has 3 saturated carbocycles. The average Bonchev–Trinajstić information content (AvgIpc) is 4.17. The van der Waals surface area contributed by atoms with Crippen LogP contribution in [0.3, 0.4) is 0 Å². The van der Waals surface area contributed by atoms with Crippen molar-refractivity contribution in [3.63, 3.8) is 0 Å². The van der Waals surface area contributed by atoms with Crippen molar-refractivity contribution in [3.8, 4) is 10.4 Å². The molecule has 5 aromatic rings. The second-order valence-electron chi connectivity index (χ2n) is 19.5. The van der Waals surface area contributed by atoms with E-state index in [1.54, 1.807) is 23.7 Å². The number of aryl methyl sites for hydroxylation is 1. The van der Waals surface area contributed by atoms with Gasteiger partial charge in [-0.05, 0) is 133 Å². The fourth-order valence-electron chi connectivity index (χ4n) is 11.1. The molecule has 22 heteroatoms. The quantitative estimate of drug-likeness (QED) is 0.0866. The number of alkyl halides is 6. The number of hydrogen-bond acceptors (Lipinski definition) is 13. The van der Waals surface area contributed by atoms with Gasteiger partial charge in [0.2, 0.25) is 5.91 Å². The maximum atomic E-state index is 12.8. The highest BCUT2D eigenvalue weighted by Crippen LogP contribution is 2.49. The molecule has 13 nitrogen and oxygen atoms in total. The Morgan fingerprint density at radius 3 is 1.97 bits per heavy atom. The van der Waals surface area contributed by atoms with Crippen LogP contribution in [0, 0.1) is 30.6 Å². The summed E-state index contributed by atoms with van der Waals surface area (Å²) in [5.74, 6) is 2.67. The summed E-state index contributed by atoms with van der Waals surface area (Å²) in [6.45, 7) is 4.42. The second-order valence-corrected chi connectivity index (χ2v) is 22.9. The number of aromatic amines is 1. The zero-order chi connectivity index (χ0) is 49.0. The Labute approximate surface area is 414 Å². The number of fused-ring (bicyclic) bond motifs is 5. The van der Waals surface area contributed by atoms with Crippen LogP contribution in [-0.4, -0.2) is 111 Å². The van der Waals surface area contributed by atoms with Crippen molar-refractivity contribution >= 4 is 56.7 Å². The summed E-state index contributed by atoms with van der Waals surface area (Å²) >= 11 is 4.05. The number of nitrogens with zero attached hydrogens (tertiary/aromatic N) is 6. The zero-order valence-electron chi connectivity index (χ0n) is 39.0. The molecule has 5 aliphatic rings. The number of thiazole rings is 3. The van der Waals surface area contributed by atoms with E-state index in [1.807, 2.05) is 25.1 Å². The van der Waals surface area contributed by atoms with Gasteiger partial charge in [0, 0.05) is 64.5 Å². The van der Waals surface area contributed by atoms with Gasteiger partial charge in [-0.3, -0.25) is 24.5 Å². The number of rotatable bonds is 15. The lowest BCUT2D eigenvalue weighted by Crippen LogP contribution is -2.43. The number of carbonyl (C=O) groups is 2. The molecule has 10 rings (SSSR count). The number of nitrogens with one attached hydrogen (secondary N) is 3. The van der Waals surface area contributed by atoms with Crippen LogP contribution in [0.4, 0.5) is 26.3 Å². The minimum Gasteiger partial charge on any atom is -0.460 e. The van der Waals surface area contributed by atoms with E-state index in [1.165, 1.54) is 35.5 Å². The van der Waals surface area contributed by atoms with E-state index in [0.717, 1.165) is 132 Å². The zero-order valence-corrected chi connectivity index (χ0v) is 41.5. The van der Waals surface area contributed by atoms with Gasteiger partial charge in [-0.25, -0.2) is 15.0 Å². The summed E-state index contributed by atoms with van der Waals surface area (Å²) in [5, 5.41) is 15.5. The van der Waals surface area contributed by atoms with Crippen molar-refractivity contribution in [1.82, 2.24) is 45.6 Å². The van der Waals surface area contributed by atoms with Crippen LogP contribution in [0.15, 0.2) is 30.6 Å². The summed E-state index contributed by atoms with van der Waals surface area (Å²) in [5.41, 5.74) is 3.21. The van der Waals surface area contributed by atoms with E-state index in [2.05, 4.69) is 45.6 Å². The Morgan fingerprint density at radius 2 is 1.39 bits per heavy atom. The first-order chi connectivity index (χ1) is 33.6. The molecule has 2 bridgehead atoms. The molecule has 0 spiro atoms. The number of hydrogen-bond donors (Lipinski definition) is 3. The third-order valence-electron chi connectivity index (χ3n) is 14.5. The van der Waals surface area contributed by atoms with Gasteiger partial charge < -0.3 is 20.1 Å². The first kappa shape index (κ1) is 50.6. The topological polar surface area (TPSA) is 150 Å². The molecule has 3 aliphatic carbocycles. The van der Waals surface area contributed by atoms with Crippen molar-refractivity contribution in [2.75, 3.05) is 39.4 Å². The fourth-order valence-corrected chi connectivity index (χ4v) is 13.7. The summed E-state index contributed by atoms with van der Waals surface area (Å²) in [6, 6.07) is 6.05. The fraction of sp³-hybridized carbons (Fsp3) is 0.625. The van der Waals surface area contributed by atoms with E-state index in [-0.39, 0.29) is 34.3 Å². The van der Waals surface area contributed by atoms with E-state index < -0.39 is 25.6 Å². The smallest absolute Gasteiger partial charge is 0.422 e. The molecule has 0 saturated heterocycles. The SMILES string of the molecule is Cc1ncc(CC(=O)NC2CC3CCC(C2)C3CCN2CCc3sc(OCC(F)(F)F)nc3C2)s1.O=C(NC1CCC(CCN2CCc3sc(OCC(F)(F)F)nc3C2)CC1)c1cccc2[nH]ncc12. The molecule has 6 heterocycles. The van der Waals surface area contributed by atoms with Crippen LogP contribution in [0.1, 0.15) is 106 Å². The third kappa shape index (κ3) is 13.6. The highest BCUT2D eigenvalue weighted by molar-refractivity contribution is 7.13. The van der Waals surface area contributed by atoms with Gasteiger partial charge in [0.05, 0.1) is 40.1 Å². The molecular formula is C48H59F6N9O4S3. The molecule has 70 heavy (non-hydrogen) atoms. The van der Waals surface area contributed by atoms with Crippen molar-refractivity contribution in [2.24, 2.45) is 23.7 Å². The summed E-state index contributed by atoms with van der Waals surface area (Å²) in [6.07, 6.45) is 7.70. The van der Waals surface area contributed by atoms with Crippen LogP contribution in [0.2, 0.25) is 0 Å². The van der Waals surface area contributed by atoms with Crippen LogP contribution >= 0.6 is 34.0 Å². The third-order valence-corrected chi connectivity index (χ3v) is 17.6. The van der Waals surface area contributed by atoms with E-state index in [4.69, 9.17) is 9.47 Å². The molecule has 380 valence electrons. The molecule has 2 amide bonds. The average molecular weight is 1040 g/mol. The number of aromatic nitrogens is 5. The Balaban J connectivity index is 0.000000174. The van der Waals surface area contributed by atoms with Gasteiger partial charge in [0.25, 0.3) is 16.3 Å². The first-order valence-corrected chi connectivity index (χ1v) is 26.8. The highest BCUT2D eigenvalue weighted by atomic mass is 32.1. The second kappa shape index (κ2) is 22.2. The predicted molar refractivity (Wildman–Crippen MR) is 255 cm³/mol. The highest BCUT2D eigenvalue weighted by Gasteiger charge is 2.43. The lowest BCUT2D eigenvalue weighted by atomic mass is 9.74. The molecule has 2 unspecified atom stereocenters. The largest absolute Gasteiger partial charge is 0.460 e. The van der Waals surface area contributed by atoms with Gasteiger partial charge in [0.1, 0.15) is 0 Å². The summed E-state index contributed by atoms with van der Waals surface area (Å²) < 4.78 is 84.1. The normalized spacial score (nSPS) is 23.8. The first-order valence-electron chi connectivity index (χ1n) is 24.3. The van der Waals surface area contributed by atoms with Crippen LogP contribution in [0.25, 0.3) is 10.9 Å². The van der Waals surface area contributed by atoms with Gasteiger partial charge in [-0.15, -0.1) is 11.3 Å². The van der Waals surface area contributed by atoms with Gasteiger partial charge in [0.15, 0.2) is 13.2 Å². The molecule has 1 aromatic carbocycles. The van der Waals surface area contributed by atoms with Crippen LogP contribution < -0.4 is 20.1 Å². The number of H-pyrrole nitrogens is 1. The van der Waals surface area contributed by atoms with E-state index in [9.17, 15) is 35.9 Å². The van der Waals surface area contributed by atoms with E-state index in [0.29, 0.717) is 48.7 Å². The van der Waals surface area contributed by atoms with Crippen molar-refractivity contribution in [1.29, 1.82) is 0 Å². The number of amides is 2. The number of carbonyl (C=O) groups excluding carboxylic acids is 2. The lowest BCUT2D eigenvalue weighted by Gasteiger charge is -2.37. The Kier molecular flexibility index (Phi) is 16.0. The number of ether oxygens (including phenoxy) is 2. The maximum absolute atomic E-state index is 12.8. The molecule has 2 aliphatic heterocycles. The minimum absolute atomic E-state index is 0.0496. The minimum atomic E-state index is -4.35. The monoisotopic (exact) mass is 1040 g/mol. The molecule has 3 N–H and O–H groups in total. The Hall–Kier alpha value is -4.38. The van der Waals surface area contributed by atoms with Gasteiger partial charge in [-0.1, -0.05) is 28.7 Å². The van der Waals surface area contributed by atoms with Gasteiger partial charge >= 0.3 is 12.4 Å². The number of halogens is 6. The summed E-state index contributed by atoms with van der Waals surface area (Å²) in [4.78, 5) is 46.0. The van der Waals surface area contributed by atoms with Gasteiger partial charge in [-0.2, -0.15) is 31.4 Å². The maximum Gasteiger partial charge on any atom is 0.422 e. The van der Waals surface area contributed by atoms with Crippen molar-refractivity contribution < 1.29 is 45.4 Å². The molecule has 4 aromatic heterocycles. The Bertz CT molecular complexity index is 2540. The Morgan fingerprint density at radius 1 is 0.771 bits per heavy atom. The summed E-state index contributed by atoms with van der Waals surface area (Å²) in [7, 11) is 0. The molecule has 3 fully saturated rings. The molecular weight excluding hydrogens is 977 g/mol. The van der Waals surface area contributed by atoms with Crippen LogP contribution in [-0.2, 0) is 37.1 Å². The molecule has 0 radical (unpaired) electrons. The number of benzene rings is 1. The van der Waals surface area contributed by atoms with Crippen molar-refractivity contribution in [3.05, 3.63) is 67.2 Å².